The molecule has 1 N–H and O–H groups in total. The van der Waals surface area contributed by atoms with E-state index in [2.05, 4.69) is 19.9 Å². The normalized spacial score (nSPS) is 17.1. The van der Waals surface area contributed by atoms with Gasteiger partial charge in [0, 0.05) is 43.8 Å². The van der Waals surface area contributed by atoms with Crippen molar-refractivity contribution < 1.29 is 18.0 Å². The molecule has 0 unspecified atom stereocenters. The van der Waals surface area contributed by atoms with Gasteiger partial charge in [0.25, 0.3) is 6.43 Å². The Hall–Kier alpha value is -2.35. The number of nitrogens with one attached hydrogen (secondary N) is 1. The number of fused-ring (bicyclic) bond motifs is 1. The molecule has 0 atom stereocenters. The van der Waals surface area contributed by atoms with Gasteiger partial charge in [0.15, 0.2) is 21.0 Å². The van der Waals surface area contributed by atoms with Crippen LogP contribution in [0.25, 0.3) is 21.9 Å². The van der Waals surface area contributed by atoms with Crippen molar-refractivity contribution in [1.29, 1.82) is 0 Å². The lowest BCUT2D eigenvalue weighted by Crippen LogP contribution is -2.41. The highest BCUT2D eigenvalue weighted by Crippen LogP contribution is 2.41. The standard InChI is InChI=1S/C22H23ClF3N7OS2/c1-31(2)21(34)32-7-3-12(4-8-32)14-9-13(36-30-22(11-24)5-6-22)10-33-15(14)16(23)27-18(33)20-29-28-19(35-20)17(25)26/h3,9-10,17,30H,4-8,11H2,1-2H3. The Morgan fingerprint density at radius 2 is 2.14 bits per heavy atom. The second kappa shape index (κ2) is 9.84. The van der Waals surface area contributed by atoms with E-state index in [1.165, 1.54) is 16.8 Å². The molecule has 2 amide bonds. The third kappa shape index (κ3) is 4.81. The van der Waals surface area contributed by atoms with Crippen LogP contribution in [0.3, 0.4) is 0 Å². The predicted octanol–water partition coefficient (Wildman–Crippen LogP) is 5.31. The summed E-state index contributed by atoms with van der Waals surface area (Å²) in [7, 11) is 3.42. The summed E-state index contributed by atoms with van der Waals surface area (Å²) in [6, 6.07) is 1.89. The summed E-state index contributed by atoms with van der Waals surface area (Å²) in [5.74, 6) is 0.301. The summed E-state index contributed by atoms with van der Waals surface area (Å²) < 4.78 is 44.7. The van der Waals surface area contributed by atoms with Crippen LogP contribution in [0.15, 0.2) is 23.2 Å². The van der Waals surface area contributed by atoms with E-state index in [1.54, 1.807) is 29.6 Å². The maximum atomic E-state index is 13.4. The molecule has 3 aromatic rings. The van der Waals surface area contributed by atoms with Crippen molar-refractivity contribution in [2.45, 2.75) is 36.1 Å². The predicted molar refractivity (Wildman–Crippen MR) is 134 cm³/mol. The largest absolute Gasteiger partial charge is 0.331 e. The first-order valence-electron chi connectivity index (χ1n) is 11.2. The average molecular weight is 558 g/mol. The zero-order valence-corrected chi connectivity index (χ0v) is 21.9. The lowest BCUT2D eigenvalue weighted by atomic mass is 9.99. The van der Waals surface area contributed by atoms with Crippen molar-refractivity contribution >= 4 is 52.0 Å². The van der Waals surface area contributed by atoms with Gasteiger partial charge in [-0.1, -0.05) is 29.0 Å². The zero-order chi connectivity index (χ0) is 25.6. The fourth-order valence-electron chi connectivity index (χ4n) is 3.96. The van der Waals surface area contributed by atoms with E-state index in [4.69, 9.17) is 11.6 Å². The van der Waals surface area contributed by atoms with Gasteiger partial charge in [-0.25, -0.2) is 22.9 Å². The number of carbonyl (C=O) groups is 1. The van der Waals surface area contributed by atoms with E-state index < -0.39 is 23.6 Å². The highest BCUT2D eigenvalue weighted by atomic mass is 35.5. The highest BCUT2D eigenvalue weighted by Gasteiger charge is 2.43. The fourth-order valence-corrected chi connectivity index (χ4v) is 5.85. The smallest absolute Gasteiger partial charge is 0.319 e. The summed E-state index contributed by atoms with van der Waals surface area (Å²) in [5.41, 5.74) is 1.88. The monoisotopic (exact) mass is 557 g/mol. The molecule has 1 aliphatic heterocycles. The molecule has 0 radical (unpaired) electrons. The van der Waals surface area contributed by atoms with Crippen LogP contribution in [-0.4, -0.2) is 74.8 Å². The van der Waals surface area contributed by atoms with E-state index in [0.717, 1.165) is 40.2 Å². The first-order valence-corrected chi connectivity index (χ1v) is 13.2. The minimum absolute atomic E-state index is 0.0688. The van der Waals surface area contributed by atoms with Crippen LogP contribution < -0.4 is 4.72 Å². The Labute approximate surface area is 218 Å². The van der Waals surface area contributed by atoms with E-state index >= 15 is 0 Å². The average Bonchev–Trinajstić information content (AvgIpc) is 3.34. The molecule has 3 aromatic heterocycles. The van der Waals surface area contributed by atoms with E-state index in [1.807, 2.05) is 12.1 Å². The van der Waals surface area contributed by atoms with Crippen molar-refractivity contribution in [3.05, 3.63) is 34.1 Å². The molecule has 5 rings (SSSR count). The number of hydrogen-bond donors (Lipinski definition) is 1. The number of hydrogen-bond acceptors (Lipinski definition) is 7. The Balaban J connectivity index is 1.57. The van der Waals surface area contributed by atoms with Crippen molar-refractivity contribution in [1.82, 2.24) is 34.1 Å². The minimum atomic E-state index is -2.74. The molecule has 0 bridgehead atoms. The molecule has 0 saturated heterocycles. The molecular weight excluding hydrogens is 535 g/mol. The van der Waals surface area contributed by atoms with Gasteiger partial charge in [-0.15, -0.1) is 10.2 Å². The number of aromatic nitrogens is 4. The Kier molecular flexibility index (Phi) is 6.92. The van der Waals surface area contributed by atoms with Gasteiger partial charge in [0.2, 0.25) is 0 Å². The second-order valence-electron chi connectivity index (χ2n) is 9.00. The summed E-state index contributed by atoms with van der Waals surface area (Å²) in [4.78, 5) is 20.9. The molecule has 36 heavy (non-hydrogen) atoms. The summed E-state index contributed by atoms with van der Waals surface area (Å²) >= 11 is 8.65. The summed E-state index contributed by atoms with van der Waals surface area (Å²) in [5, 5.41) is 7.51. The van der Waals surface area contributed by atoms with Gasteiger partial charge in [0.1, 0.15) is 6.67 Å². The van der Waals surface area contributed by atoms with E-state index in [-0.39, 0.29) is 16.2 Å². The SMILES string of the molecule is CN(C)C(=O)N1CC=C(c2cc(SNC3(CF)CC3)cn3c(-c4nnc(C(F)F)s4)nc(Cl)c23)CC1. The maximum Gasteiger partial charge on any atom is 0.319 e. The van der Waals surface area contributed by atoms with Gasteiger partial charge in [0.05, 0.1) is 11.1 Å². The number of rotatable bonds is 7. The second-order valence-corrected chi connectivity index (χ2v) is 11.2. The summed E-state index contributed by atoms with van der Waals surface area (Å²) in [6.07, 6.45) is 3.14. The molecular formula is C22H23ClF3N7OS2. The molecule has 2 aliphatic rings. The van der Waals surface area contributed by atoms with E-state index in [9.17, 15) is 18.0 Å². The molecule has 14 heteroatoms. The quantitative estimate of drug-likeness (QED) is 0.397. The number of alkyl halides is 3. The van der Waals surface area contributed by atoms with Gasteiger partial charge in [-0.05, 0) is 42.8 Å². The molecule has 192 valence electrons. The van der Waals surface area contributed by atoms with Crippen LogP contribution in [0.2, 0.25) is 5.15 Å². The number of amides is 2. The first kappa shape index (κ1) is 25.3. The maximum absolute atomic E-state index is 13.4. The number of nitrogens with zero attached hydrogens (tertiary/aromatic N) is 6. The number of pyridine rings is 1. The lowest BCUT2D eigenvalue weighted by molar-refractivity contribution is 0.150. The Morgan fingerprint density at radius 1 is 1.36 bits per heavy atom. The van der Waals surface area contributed by atoms with Gasteiger partial charge in [-0.3, -0.25) is 9.12 Å². The molecule has 4 heterocycles. The van der Waals surface area contributed by atoms with Crippen LogP contribution >= 0.6 is 34.9 Å². The lowest BCUT2D eigenvalue weighted by Gasteiger charge is -2.29. The van der Waals surface area contributed by atoms with Crippen molar-refractivity contribution in [3.63, 3.8) is 0 Å². The van der Waals surface area contributed by atoms with Crippen molar-refractivity contribution in [2.75, 3.05) is 33.9 Å². The molecule has 0 spiro atoms. The molecule has 1 aliphatic carbocycles. The topological polar surface area (TPSA) is 78.7 Å². The first-order chi connectivity index (χ1) is 17.2. The summed E-state index contributed by atoms with van der Waals surface area (Å²) in [6.45, 7) is 0.507. The van der Waals surface area contributed by atoms with Crippen molar-refractivity contribution in [2.24, 2.45) is 0 Å². The van der Waals surface area contributed by atoms with Gasteiger partial charge in [-0.2, -0.15) is 0 Å². The number of halogens is 4. The molecule has 8 nitrogen and oxygen atoms in total. The Bertz CT molecular complexity index is 1340. The highest BCUT2D eigenvalue weighted by molar-refractivity contribution is 7.97. The van der Waals surface area contributed by atoms with Crippen LogP contribution in [0, 0.1) is 0 Å². The number of carbonyl (C=O) groups excluding carboxylic acids is 1. The van der Waals surface area contributed by atoms with Crippen molar-refractivity contribution in [3.8, 4) is 10.8 Å². The van der Waals surface area contributed by atoms with Gasteiger partial charge < -0.3 is 9.80 Å². The minimum Gasteiger partial charge on any atom is -0.331 e. The van der Waals surface area contributed by atoms with E-state index in [0.29, 0.717) is 30.9 Å². The zero-order valence-electron chi connectivity index (χ0n) is 19.5. The third-order valence-electron chi connectivity index (χ3n) is 6.19. The molecule has 0 aromatic carbocycles. The fraction of sp³-hybridized carbons (Fsp3) is 0.455. The molecule has 1 saturated carbocycles. The van der Waals surface area contributed by atoms with Gasteiger partial charge >= 0.3 is 6.03 Å². The number of imidazole rings is 1. The van der Waals surface area contributed by atoms with Crippen LogP contribution in [-0.2, 0) is 0 Å². The third-order valence-corrected chi connectivity index (χ3v) is 8.37. The molecule has 1 fully saturated rings. The van der Waals surface area contributed by atoms with Crippen LogP contribution in [0.1, 0.15) is 36.3 Å². The van der Waals surface area contributed by atoms with Crippen LogP contribution in [0.4, 0.5) is 18.0 Å². The number of urea groups is 1. The van der Waals surface area contributed by atoms with Crippen LogP contribution in [0.5, 0.6) is 0 Å². The Morgan fingerprint density at radius 3 is 2.72 bits per heavy atom.